The Hall–Kier alpha value is -2.25. The average molecular weight is 363 g/mol. The van der Waals surface area contributed by atoms with Gasteiger partial charge in [-0.25, -0.2) is 16.8 Å². The molecule has 1 aliphatic heterocycles. The van der Waals surface area contributed by atoms with E-state index in [9.17, 15) is 16.8 Å². The van der Waals surface area contributed by atoms with Crippen molar-refractivity contribution in [3.8, 4) is 6.07 Å². The highest BCUT2D eigenvalue weighted by molar-refractivity contribution is 8.04. The predicted octanol–water partition coefficient (Wildman–Crippen LogP) is 0.870. The van der Waals surface area contributed by atoms with E-state index < -0.39 is 20.0 Å². The van der Waals surface area contributed by atoms with Gasteiger partial charge < -0.3 is 5.32 Å². The summed E-state index contributed by atoms with van der Waals surface area (Å²) in [4.78, 5) is -0.368. The lowest BCUT2D eigenvalue weighted by Gasteiger charge is -2.08. The summed E-state index contributed by atoms with van der Waals surface area (Å²) in [7, 11) is -8.49. The van der Waals surface area contributed by atoms with Gasteiger partial charge in [0, 0.05) is 12.6 Å². The van der Waals surface area contributed by atoms with Crippen LogP contribution in [0.4, 0.5) is 0 Å². The molecule has 0 bridgehead atoms. The number of sulfonamides is 2. The van der Waals surface area contributed by atoms with Gasteiger partial charge in [-0.1, -0.05) is 12.1 Å². The van der Waals surface area contributed by atoms with Crippen LogP contribution in [-0.4, -0.2) is 23.4 Å². The molecule has 0 amide bonds. The fourth-order valence-electron chi connectivity index (χ4n) is 2.12. The van der Waals surface area contributed by atoms with E-state index in [1.165, 1.54) is 36.4 Å². The summed E-state index contributed by atoms with van der Waals surface area (Å²) < 4.78 is 50.7. The van der Waals surface area contributed by atoms with E-state index in [4.69, 9.17) is 5.26 Å². The molecule has 3 rings (SSSR count). The van der Waals surface area contributed by atoms with Crippen molar-refractivity contribution in [2.45, 2.75) is 15.8 Å². The lowest BCUT2D eigenvalue weighted by molar-refractivity contribution is 0.577. The zero-order valence-electron chi connectivity index (χ0n) is 12.3. The Morgan fingerprint density at radius 3 is 1.79 bits per heavy atom. The standard InChI is InChI=1S/C15H13N3O4S2/c16-9-11-1-5-13(6-2-11)23(19,20)18-24(21,22)14-7-3-12(4-8-14)15-10-17-15/h1-8,15,17-18H,10H2. The molecule has 7 nitrogen and oxygen atoms in total. The van der Waals surface area contributed by atoms with Crippen molar-refractivity contribution in [1.29, 1.82) is 5.26 Å². The number of benzene rings is 2. The third-order valence-corrected chi connectivity index (χ3v) is 7.06. The second-order valence-electron chi connectivity index (χ2n) is 5.26. The smallest absolute Gasteiger partial charge is 0.253 e. The van der Waals surface area contributed by atoms with Crippen LogP contribution in [0.25, 0.3) is 0 Å². The molecular weight excluding hydrogens is 350 g/mol. The van der Waals surface area contributed by atoms with E-state index in [1.54, 1.807) is 16.3 Å². The topological polar surface area (TPSA) is 126 Å². The number of nitrogens with one attached hydrogen (secondary N) is 2. The molecule has 24 heavy (non-hydrogen) atoms. The van der Waals surface area contributed by atoms with Crippen LogP contribution in [0.3, 0.4) is 0 Å². The molecule has 0 aliphatic carbocycles. The molecule has 9 heteroatoms. The molecule has 1 aliphatic rings. The first-order chi connectivity index (χ1) is 11.3. The zero-order valence-corrected chi connectivity index (χ0v) is 13.9. The van der Waals surface area contributed by atoms with Crippen LogP contribution < -0.4 is 9.44 Å². The Bertz CT molecular complexity index is 1000. The van der Waals surface area contributed by atoms with E-state index in [-0.39, 0.29) is 21.4 Å². The summed E-state index contributed by atoms with van der Waals surface area (Å²) in [6, 6.07) is 13.1. The SMILES string of the molecule is N#Cc1ccc(S(=O)(=O)NS(=O)(=O)c2ccc(C3CN3)cc2)cc1. The van der Waals surface area contributed by atoms with Gasteiger partial charge in [0.05, 0.1) is 21.4 Å². The highest BCUT2D eigenvalue weighted by atomic mass is 32.3. The van der Waals surface area contributed by atoms with Gasteiger partial charge in [0.1, 0.15) is 0 Å². The van der Waals surface area contributed by atoms with Crippen molar-refractivity contribution in [1.82, 2.24) is 9.44 Å². The summed E-state index contributed by atoms with van der Waals surface area (Å²) in [5.74, 6) is 0. The van der Waals surface area contributed by atoms with Crippen LogP contribution >= 0.6 is 0 Å². The highest BCUT2D eigenvalue weighted by Crippen LogP contribution is 2.23. The molecule has 1 unspecified atom stereocenters. The second-order valence-corrected chi connectivity index (χ2v) is 8.88. The van der Waals surface area contributed by atoms with Crippen molar-refractivity contribution < 1.29 is 16.8 Å². The number of rotatable bonds is 5. The monoisotopic (exact) mass is 363 g/mol. The van der Waals surface area contributed by atoms with Crippen LogP contribution in [-0.2, 0) is 20.0 Å². The maximum Gasteiger partial charge on any atom is 0.253 e. The summed E-state index contributed by atoms with van der Waals surface area (Å²) in [5, 5.41) is 11.8. The zero-order chi connectivity index (χ0) is 17.4. The van der Waals surface area contributed by atoms with Crippen LogP contribution in [0.15, 0.2) is 58.3 Å². The molecular formula is C15H13N3O4S2. The molecule has 1 saturated heterocycles. The molecule has 1 atom stereocenters. The predicted molar refractivity (Wildman–Crippen MR) is 85.9 cm³/mol. The molecule has 1 heterocycles. The van der Waals surface area contributed by atoms with Gasteiger partial charge in [0.15, 0.2) is 0 Å². The minimum absolute atomic E-state index is 0.135. The van der Waals surface area contributed by atoms with E-state index in [0.717, 1.165) is 12.1 Å². The minimum atomic E-state index is -4.26. The molecule has 2 aromatic carbocycles. The molecule has 1 fully saturated rings. The molecule has 0 aromatic heterocycles. The Labute approximate surface area is 140 Å². The van der Waals surface area contributed by atoms with Crippen molar-refractivity contribution in [2.75, 3.05) is 6.54 Å². The van der Waals surface area contributed by atoms with E-state index in [1.807, 2.05) is 6.07 Å². The number of nitriles is 1. The van der Waals surface area contributed by atoms with Gasteiger partial charge in [0.25, 0.3) is 20.0 Å². The summed E-state index contributed by atoms with van der Waals surface area (Å²) in [5.41, 5.74) is 1.23. The number of hydrogen-bond donors (Lipinski definition) is 2. The molecule has 0 saturated carbocycles. The first kappa shape index (κ1) is 16.6. The highest BCUT2D eigenvalue weighted by Gasteiger charge is 2.26. The molecule has 0 spiro atoms. The van der Waals surface area contributed by atoms with Crippen molar-refractivity contribution >= 4 is 20.0 Å². The first-order valence-electron chi connectivity index (χ1n) is 6.94. The largest absolute Gasteiger partial charge is 0.307 e. The van der Waals surface area contributed by atoms with Gasteiger partial charge in [-0.05, 0) is 42.0 Å². The molecule has 2 N–H and O–H groups in total. The number of hydrogen-bond acceptors (Lipinski definition) is 6. The number of nitrogens with zero attached hydrogens (tertiary/aromatic N) is 1. The molecule has 2 aromatic rings. The van der Waals surface area contributed by atoms with E-state index in [0.29, 0.717) is 0 Å². The van der Waals surface area contributed by atoms with Gasteiger partial charge >= 0.3 is 0 Å². The summed E-state index contributed by atoms with van der Waals surface area (Å²) >= 11 is 0. The third kappa shape index (κ3) is 3.47. The van der Waals surface area contributed by atoms with E-state index >= 15 is 0 Å². The lowest BCUT2D eigenvalue weighted by Crippen LogP contribution is -2.30. The van der Waals surface area contributed by atoms with Crippen molar-refractivity contribution in [3.63, 3.8) is 0 Å². The molecule has 124 valence electrons. The van der Waals surface area contributed by atoms with Crippen LogP contribution in [0.2, 0.25) is 0 Å². The maximum absolute atomic E-state index is 12.3. The fraction of sp³-hybridized carbons (Fsp3) is 0.133. The van der Waals surface area contributed by atoms with Gasteiger partial charge in [0.2, 0.25) is 0 Å². The van der Waals surface area contributed by atoms with Gasteiger partial charge in [-0.2, -0.15) is 5.26 Å². The van der Waals surface area contributed by atoms with Gasteiger partial charge in [-0.3, -0.25) is 0 Å². The van der Waals surface area contributed by atoms with Crippen LogP contribution in [0.1, 0.15) is 17.2 Å². The fourth-order valence-corrected chi connectivity index (χ4v) is 5.04. The average Bonchev–Trinajstić information content (AvgIpc) is 3.39. The Kier molecular flexibility index (Phi) is 4.15. The summed E-state index contributed by atoms with van der Waals surface area (Å²) in [6.45, 7) is 0.845. The quantitative estimate of drug-likeness (QED) is 0.759. The minimum Gasteiger partial charge on any atom is -0.307 e. The lowest BCUT2D eigenvalue weighted by atomic mass is 10.2. The maximum atomic E-state index is 12.3. The van der Waals surface area contributed by atoms with Gasteiger partial charge in [-0.15, -0.1) is 4.13 Å². The first-order valence-corrected chi connectivity index (χ1v) is 9.90. The van der Waals surface area contributed by atoms with Crippen molar-refractivity contribution in [2.24, 2.45) is 0 Å². The van der Waals surface area contributed by atoms with E-state index in [2.05, 4.69) is 5.32 Å². The van der Waals surface area contributed by atoms with Crippen LogP contribution in [0.5, 0.6) is 0 Å². The molecule has 0 radical (unpaired) electrons. The third-order valence-electron chi connectivity index (χ3n) is 3.51. The summed E-state index contributed by atoms with van der Waals surface area (Å²) in [6.07, 6.45) is 0. The Morgan fingerprint density at radius 2 is 1.38 bits per heavy atom. The Morgan fingerprint density at radius 1 is 0.917 bits per heavy atom. The normalized spacial score (nSPS) is 17.2. The second kappa shape index (κ2) is 5.99. The van der Waals surface area contributed by atoms with Crippen LogP contribution in [0, 0.1) is 11.3 Å². The van der Waals surface area contributed by atoms with Crippen molar-refractivity contribution in [3.05, 3.63) is 59.7 Å². The Balaban J connectivity index is 1.85.